The maximum absolute atomic E-state index is 6.48. The number of halogens is 1. The van der Waals surface area contributed by atoms with Crippen molar-refractivity contribution in [1.29, 1.82) is 0 Å². The van der Waals surface area contributed by atoms with Gasteiger partial charge in [0, 0.05) is 17.4 Å². The van der Waals surface area contributed by atoms with Crippen molar-refractivity contribution in [2.75, 3.05) is 0 Å². The summed E-state index contributed by atoms with van der Waals surface area (Å²) in [7, 11) is 0. The van der Waals surface area contributed by atoms with Gasteiger partial charge in [0.25, 0.3) is 0 Å². The largest absolute Gasteiger partial charge is 0.264 e. The predicted octanol–water partition coefficient (Wildman–Crippen LogP) is 7.25. The number of nitrogens with zero attached hydrogens (tertiary/aromatic N) is 1. The SMILES string of the molecule is Clc1ccc2c(c1)-c1cc3ccccc3cc1C2(c1ccccc1)c1cccnc1. The minimum absolute atomic E-state index is 0.436. The van der Waals surface area contributed by atoms with Crippen molar-refractivity contribution in [1.82, 2.24) is 4.98 Å². The topological polar surface area (TPSA) is 12.9 Å². The minimum atomic E-state index is -0.436. The average Bonchev–Trinajstić information content (AvgIpc) is 3.08. The van der Waals surface area contributed by atoms with E-state index in [1.165, 1.54) is 38.6 Å². The van der Waals surface area contributed by atoms with Crippen LogP contribution in [-0.2, 0) is 5.41 Å². The molecule has 1 nitrogen and oxygen atoms in total. The third-order valence-electron chi connectivity index (χ3n) is 6.27. The molecule has 0 amide bonds. The number of benzene rings is 4. The molecule has 0 spiro atoms. The van der Waals surface area contributed by atoms with E-state index in [1.54, 1.807) is 0 Å². The van der Waals surface area contributed by atoms with Gasteiger partial charge < -0.3 is 0 Å². The number of rotatable bonds is 2. The summed E-state index contributed by atoms with van der Waals surface area (Å²) in [6, 6.07) is 34.4. The van der Waals surface area contributed by atoms with Crippen molar-refractivity contribution in [3.05, 3.63) is 137 Å². The van der Waals surface area contributed by atoms with E-state index in [4.69, 9.17) is 11.6 Å². The van der Waals surface area contributed by atoms with Gasteiger partial charge in [0.2, 0.25) is 0 Å². The molecule has 1 aliphatic carbocycles. The zero-order valence-electron chi connectivity index (χ0n) is 16.2. The van der Waals surface area contributed by atoms with Crippen LogP contribution in [0.3, 0.4) is 0 Å². The van der Waals surface area contributed by atoms with Gasteiger partial charge in [-0.15, -0.1) is 0 Å². The first-order valence-electron chi connectivity index (χ1n) is 10.1. The lowest BCUT2D eigenvalue weighted by atomic mass is 9.68. The van der Waals surface area contributed by atoms with Gasteiger partial charge in [0.15, 0.2) is 0 Å². The van der Waals surface area contributed by atoms with E-state index in [9.17, 15) is 0 Å². The Morgan fingerprint density at radius 2 is 1.30 bits per heavy atom. The fourth-order valence-electron chi connectivity index (χ4n) is 5.05. The van der Waals surface area contributed by atoms with Gasteiger partial charge in [0.05, 0.1) is 5.41 Å². The molecule has 142 valence electrons. The maximum Gasteiger partial charge on any atom is 0.0728 e. The molecule has 1 aliphatic rings. The molecule has 1 heterocycles. The van der Waals surface area contributed by atoms with E-state index in [2.05, 4.69) is 89.9 Å². The van der Waals surface area contributed by atoms with Crippen LogP contribution in [-0.4, -0.2) is 4.98 Å². The fraction of sp³-hybridized carbons (Fsp3) is 0.0357. The van der Waals surface area contributed by atoms with Crippen LogP contribution in [0, 0.1) is 0 Å². The third kappa shape index (κ3) is 2.33. The van der Waals surface area contributed by atoms with Gasteiger partial charge in [-0.25, -0.2) is 0 Å². The average molecular weight is 404 g/mol. The van der Waals surface area contributed by atoms with Gasteiger partial charge >= 0.3 is 0 Å². The third-order valence-corrected chi connectivity index (χ3v) is 6.50. The molecule has 1 aromatic heterocycles. The van der Waals surface area contributed by atoms with Gasteiger partial charge in [0.1, 0.15) is 0 Å². The zero-order chi connectivity index (χ0) is 20.1. The van der Waals surface area contributed by atoms with E-state index in [1.807, 2.05) is 24.5 Å². The van der Waals surface area contributed by atoms with Crippen molar-refractivity contribution >= 4 is 22.4 Å². The highest BCUT2D eigenvalue weighted by Gasteiger charge is 2.46. The molecule has 6 rings (SSSR count). The molecule has 0 saturated heterocycles. The van der Waals surface area contributed by atoms with Gasteiger partial charge in [-0.2, -0.15) is 0 Å². The second-order valence-corrected chi connectivity index (χ2v) is 8.23. The Morgan fingerprint density at radius 3 is 2.07 bits per heavy atom. The first kappa shape index (κ1) is 17.4. The van der Waals surface area contributed by atoms with Crippen LogP contribution in [0.25, 0.3) is 21.9 Å². The molecule has 30 heavy (non-hydrogen) atoms. The van der Waals surface area contributed by atoms with E-state index in [0.29, 0.717) is 0 Å². The lowest BCUT2D eigenvalue weighted by Gasteiger charge is -2.33. The van der Waals surface area contributed by atoms with Crippen LogP contribution in [0.15, 0.2) is 109 Å². The second kappa shape index (κ2) is 6.55. The Bertz CT molecular complexity index is 1350. The summed E-state index contributed by atoms with van der Waals surface area (Å²) >= 11 is 6.48. The van der Waals surface area contributed by atoms with E-state index in [-0.39, 0.29) is 0 Å². The lowest BCUT2D eigenvalue weighted by Crippen LogP contribution is -2.28. The summed E-state index contributed by atoms with van der Waals surface area (Å²) in [4.78, 5) is 4.50. The van der Waals surface area contributed by atoms with Crippen molar-refractivity contribution in [3.8, 4) is 11.1 Å². The fourth-order valence-corrected chi connectivity index (χ4v) is 5.22. The lowest BCUT2D eigenvalue weighted by molar-refractivity contribution is 0.764. The molecule has 2 heteroatoms. The van der Waals surface area contributed by atoms with Crippen LogP contribution < -0.4 is 0 Å². The van der Waals surface area contributed by atoms with Crippen LogP contribution in [0.2, 0.25) is 5.02 Å². The first-order chi connectivity index (χ1) is 14.8. The van der Waals surface area contributed by atoms with Gasteiger partial charge in [-0.3, -0.25) is 4.98 Å². The highest BCUT2D eigenvalue weighted by molar-refractivity contribution is 6.31. The molecule has 5 aromatic rings. The van der Waals surface area contributed by atoms with Crippen molar-refractivity contribution in [2.45, 2.75) is 5.41 Å². The molecule has 0 aliphatic heterocycles. The van der Waals surface area contributed by atoms with Crippen molar-refractivity contribution in [3.63, 3.8) is 0 Å². The number of hydrogen-bond acceptors (Lipinski definition) is 1. The van der Waals surface area contributed by atoms with Crippen LogP contribution >= 0.6 is 11.6 Å². The zero-order valence-corrected chi connectivity index (χ0v) is 17.0. The first-order valence-corrected chi connectivity index (χ1v) is 10.5. The maximum atomic E-state index is 6.48. The highest BCUT2D eigenvalue weighted by Crippen LogP contribution is 2.57. The molecule has 0 saturated carbocycles. The Kier molecular flexibility index (Phi) is 3.81. The van der Waals surface area contributed by atoms with E-state index in [0.717, 1.165) is 10.6 Å². The normalized spacial score (nSPS) is 17.0. The Morgan fingerprint density at radius 1 is 0.600 bits per heavy atom. The number of pyridine rings is 1. The summed E-state index contributed by atoms with van der Waals surface area (Å²) in [6.07, 6.45) is 3.83. The summed E-state index contributed by atoms with van der Waals surface area (Å²) in [6.45, 7) is 0. The summed E-state index contributed by atoms with van der Waals surface area (Å²) in [5.74, 6) is 0. The van der Waals surface area contributed by atoms with E-state index < -0.39 is 5.41 Å². The molecule has 0 bridgehead atoms. The Hall–Kier alpha value is -3.42. The molecular formula is C28H18ClN. The predicted molar refractivity (Wildman–Crippen MR) is 124 cm³/mol. The van der Waals surface area contributed by atoms with Crippen LogP contribution in [0.4, 0.5) is 0 Å². The summed E-state index contributed by atoms with van der Waals surface area (Å²) in [5, 5.41) is 3.22. The number of fused-ring (bicyclic) bond motifs is 4. The summed E-state index contributed by atoms with van der Waals surface area (Å²) < 4.78 is 0. The summed E-state index contributed by atoms with van der Waals surface area (Å²) in [5.41, 5.74) is 6.91. The molecule has 1 unspecified atom stereocenters. The second-order valence-electron chi connectivity index (χ2n) is 7.79. The molecule has 0 fully saturated rings. The molecule has 1 atom stereocenters. The minimum Gasteiger partial charge on any atom is -0.264 e. The van der Waals surface area contributed by atoms with Gasteiger partial charge in [-0.1, -0.05) is 78.3 Å². The van der Waals surface area contributed by atoms with Crippen molar-refractivity contribution < 1.29 is 0 Å². The standard InChI is InChI=1S/C28H18ClN/c29-23-12-13-26-25(17-23)24-15-19-7-4-5-8-20(19)16-27(24)28(26,21-9-2-1-3-10-21)22-11-6-14-30-18-22/h1-18H. The Balaban J connectivity index is 1.84. The highest BCUT2D eigenvalue weighted by atomic mass is 35.5. The molecule has 0 radical (unpaired) electrons. The molecule has 0 N–H and O–H groups in total. The Labute approximate surface area is 180 Å². The monoisotopic (exact) mass is 403 g/mol. The number of hydrogen-bond donors (Lipinski definition) is 0. The smallest absolute Gasteiger partial charge is 0.0728 e. The molecule has 4 aromatic carbocycles. The number of aromatic nitrogens is 1. The molecular weight excluding hydrogens is 386 g/mol. The van der Waals surface area contributed by atoms with Gasteiger partial charge in [-0.05, 0) is 74.5 Å². The quantitative estimate of drug-likeness (QED) is 0.296. The van der Waals surface area contributed by atoms with Crippen LogP contribution in [0.1, 0.15) is 22.3 Å². The van der Waals surface area contributed by atoms with Crippen molar-refractivity contribution in [2.24, 2.45) is 0 Å². The van der Waals surface area contributed by atoms with Crippen LogP contribution in [0.5, 0.6) is 0 Å². The van der Waals surface area contributed by atoms with E-state index >= 15 is 0 Å².